The van der Waals surface area contributed by atoms with Gasteiger partial charge >= 0.3 is 0 Å². The average Bonchev–Trinajstić information content (AvgIpc) is 3.28. The van der Waals surface area contributed by atoms with Crippen molar-refractivity contribution in [3.63, 3.8) is 0 Å². The van der Waals surface area contributed by atoms with Crippen LogP contribution in [0.15, 0.2) is 47.4 Å². The number of nitrogens with zero attached hydrogens (tertiary/aromatic N) is 3. The van der Waals surface area contributed by atoms with Crippen LogP contribution < -0.4 is 4.90 Å². The second-order valence-electron chi connectivity index (χ2n) is 9.55. The van der Waals surface area contributed by atoms with Gasteiger partial charge in [0.25, 0.3) is 5.91 Å². The molecular weight excluding hydrogens is 474 g/mol. The zero-order valence-corrected chi connectivity index (χ0v) is 22.1. The molecule has 0 unspecified atom stereocenters. The summed E-state index contributed by atoms with van der Waals surface area (Å²) in [6.45, 7) is 9.70. The van der Waals surface area contributed by atoms with Crippen LogP contribution in [0.3, 0.4) is 0 Å². The van der Waals surface area contributed by atoms with Crippen LogP contribution in [-0.4, -0.2) is 56.5 Å². The van der Waals surface area contributed by atoms with Gasteiger partial charge in [-0.15, -0.1) is 0 Å². The lowest BCUT2D eigenvalue weighted by molar-refractivity contribution is -0.112. The van der Waals surface area contributed by atoms with Gasteiger partial charge in [-0.05, 0) is 86.9 Å². The van der Waals surface area contributed by atoms with Gasteiger partial charge < -0.3 is 14.2 Å². The van der Waals surface area contributed by atoms with Gasteiger partial charge in [-0.1, -0.05) is 6.07 Å². The molecule has 1 fully saturated rings. The zero-order valence-electron chi connectivity index (χ0n) is 21.3. The molecule has 36 heavy (non-hydrogen) atoms. The number of benzene rings is 2. The Hall–Kier alpha value is -3.20. The number of amides is 1. The van der Waals surface area contributed by atoms with E-state index < -0.39 is 10.0 Å². The molecule has 2 aromatic carbocycles. The summed E-state index contributed by atoms with van der Waals surface area (Å²) in [6, 6.07) is 13.4. The number of carbonyl (C=O) groups excluding carboxylic acids is 1. The Morgan fingerprint density at radius 1 is 0.917 bits per heavy atom. The lowest BCUT2D eigenvalue weighted by atomic mass is 10.0. The smallest absolute Gasteiger partial charge is 0.258 e. The van der Waals surface area contributed by atoms with Crippen LogP contribution in [-0.2, 0) is 19.6 Å². The van der Waals surface area contributed by atoms with Crippen LogP contribution in [0.1, 0.15) is 33.6 Å². The van der Waals surface area contributed by atoms with Gasteiger partial charge in [0.2, 0.25) is 10.0 Å². The Bertz CT molecular complexity index is 1510. The summed E-state index contributed by atoms with van der Waals surface area (Å²) in [5, 5.41) is 0. The number of hydrogen-bond acceptors (Lipinski definition) is 4. The summed E-state index contributed by atoms with van der Waals surface area (Å²) in [7, 11) is -1.96. The van der Waals surface area contributed by atoms with Crippen LogP contribution in [0.2, 0.25) is 0 Å². The molecule has 5 rings (SSSR count). The number of ether oxygens (including phenoxy) is 1. The monoisotopic (exact) mass is 505 g/mol. The molecule has 1 aromatic heterocycles. The summed E-state index contributed by atoms with van der Waals surface area (Å²) in [5.41, 5.74) is 8.37. The van der Waals surface area contributed by atoms with Gasteiger partial charge in [-0.2, -0.15) is 4.31 Å². The number of hydrogen-bond donors (Lipinski definition) is 0. The molecule has 0 saturated carbocycles. The molecule has 0 N–H and O–H groups in total. The largest absolute Gasteiger partial charge is 0.379 e. The standard InChI is InChI=1S/C28H31N3O4S/c1-18-6-7-23(14-19(18)2)31-20(3)15-22(21(31)4)16-26-25-17-24(8-9-27(25)29(5)28(26)32)36(33,34)30-10-12-35-13-11-30/h6-9,14-17H,10-13H2,1-5H3. The highest BCUT2D eigenvalue weighted by Crippen LogP contribution is 2.39. The van der Waals surface area contributed by atoms with Gasteiger partial charge in [-0.3, -0.25) is 4.79 Å². The van der Waals surface area contributed by atoms with Crippen molar-refractivity contribution < 1.29 is 17.9 Å². The van der Waals surface area contributed by atoms with Crippen LogP contribution in [0.4, 0.5) is 5.69 Å². The van der Waals surface area contributed by atoms with E-state index in [-0.39, 0.29) is 10.8 Å². The fourth-order valence-electron chi connectivity index (χ4n) is 5.02. The molecule has 2 aliphatic rings. The highest BCUT2D eigenvalue weighted by atomic mass is 32.2. The van der Waals surface area contributed by atoms with Crippen molar-refractivity contribution in [2.45, 2.75) is 32.6 Å². The first kappa shape index (κ1) is 24.5. The molecule has 3 aromatic rings. The molecule has 0 radical (unpaired) electrons. The fraction of sp³-hybridized carbons (Fsp3) is 0.321. The molecule has 0 spiro atoms. The minimum Gasteiger partial charge on any atom is -0.379 e. The molecule has 1 saturated heterocycles. The predicted octanol–water partition coefficient (Wildman–Crippen LogP) is 4.25. The summed E-state index contributed by atoms with van der Waals surface area (Å²) in [4.78, 5) is 15.0. The maximum Gasteiger partial charge on any atom is 0.258 e. The van der Waals surface area contributed by atoms with Gasteiger partial charge in [-0.25, -0.2) is 8.42 Å². The summed E-state index contributed by atoms with van der Waals surface area (Å²) >= 11 is 0. The van der Waals surface area contributed by atoms with Crippen molar-refractivity contribution in [3.05, 3.63) is 76.1 Å². The van der Waals surface area contributed by atoms with E-state index in [0.29, 0.717) is 43.1 Å². The topological polar surface area (TPSA) is 71.9 Å². The maximum atomic E-state index is 13.3. The molecule has 7 nitrogen and oxygen atoms in total. The highest BCUT2D eigenvalue weighted by molar-refractivity contribution is 7.89. The second kappa shape index (κ2) is 9.03. The van der Waals surface area contributed by atoms with Crippen molar-refractivity contribution in [3.8, 4) is 5.69 Å². The number of likely N-dealkylation sites (N-methyl/N-ethyl adjacent to an activating group) is 1. The average molecular weight is 506 g/mol. The van der Waals surface area contributed by atoms with Crippen molar-refractivity contribution in [2.24, 2.45) is 0 Å². The van der Waals surface area contributed by atoms with Gasteiger partial charge in [0.1, 0.15) is 0 Å². The molecule has 188 valence electrons. The quantitative estimate of drug-likeness (QED) is 0.497. The van der Waals surface area contributed by atoms with Crippen LogP contribution >= 0.6 is 0 Å². The Morgan fingerprint density at radius 3 is 2.33 bits per heavy atom. The SMILES string of the molecule is Cc1ccc(-n2c(C)cc(C=C3C(=O)N(C)c4ccc(S(=O)(=O)N5CCOCC5)cc43)c2C)cc1C. The Labute approximate surface area is 212 Å². The molecule has 1 amide bonds. The normalized spacial score (nSPS) is 17.8. The van der Waals surface area contributed by atoms with Gasteiger partial charge in [0, 0.05) is 48.3 Å². The summed E-state index contributed by atoms with van der Waals surface area (Å²) in [6.07, 6.45) is 1.88. The van der Waals surface area contributed by atoms with Crippen LogP contribution in [0, 0.1) is 27.7 Å². The fourth-order valence-corrected chi connectivity index (χ4v) is 6.45. The van der Waals surface area contributed by atoms with Crippen LogP contribution in [0.5, 0.6) is 0 Å². The number of aromatic nitrogens is 1. The number of carbonyl (C=O) groups is 1. The third-order valence-electron chi connectivity index (χ3n) is 7.28. The van der Waals surface area contributed by atoms with Crippen molar-refractivity contribution in [1.82, 2.24) is 8.87 Å². The Balaban J connectivity index is 1.59. The minimum atomic E-state index is -3.68. The zero-order chi connectivity index (χ0) is 25.8. The lowest BCUT2D eigenvalue weighted by Crippen LogP contribution is -2.40. The van der Waals surface area contributed by atoms with E-state index in [4.69, 9.17) is 4.74 Å². The van der Waals surface area contributed by atoms with Crippen LogP contribution in [0.25, 0.3) is 17.3 Å². The second-order valence-corrected chi connectivity index (χ2v) is 11.5. The number of morpholine rings is 1. The van der Waals surface area contributed by atoms with E-state index >= 15 is 0 Å². The van der Waals surface area contributed by atoms with Crippen molar-refractivity contribution >= 4 is 33.3 Å². The van der Waals surface area contributed by atoms with E-state index in [1.54, 1.807) is 30.1 Å². The molecule has 8 heteroatoms. The predicted molar refractivity (Wildman–Crippen MR) is 142 cm³/mol. The molecular formula is C28H31N3O4S. The van der Waals surface area contributed by atoms with Crippen molar-refractivity contribution in [2.75, 3.05) is 38.3 Å². The summed E-state index contributed by atoms with van der Waals surface area (Å²) < 4.78 is 35.5. The number of aryl methyl sites for hydroxylation is 3. The Morgan fingerprint density at radius 2 is 1.64 bits per heavy atom. The maximum absolute atomic E-state index is 13.3. The first-order valence-electron chi connectivity index (χ1n) is 12.1. The van der Waals surface area contributed by atoms with Crippen molar-refractivity contribution in [1.29, 1.82) is 0 Å². The first-order valence-corrected chi connectivity index (χ1v) is 13.5. The molecule has 3 heterocycles. The van der Waals surface area contributed by atoms with E-state index in [1.807, 2.05) is 19.9 Å². The third-order valence-corrected chi connectivity index (χ3v) is 9.18. The summed E-state index contributed by atoms with van der Waals surface area (Å²) in [5.74, 6) is -0.151. The molecule has 0 atom stereocenters. The molecule has 2 aliphatic heterocycles. The number of fused-ring (bicyclic) bond motifs is 1. The molecule has 0 bridgehead atoms. The number of rotatable bonds is 4. The van der Waals surface area contributed by atoms with E-state index in [0.717, 1.165) is 22.6 Å². The highest BCUT2D eigenvalue weighted by Gasteiger charge is 2.33. The van der Waals surface area contributed by atoms with Gasteiger partial charge in [0.05, 0.1) is 23.8 Å². The number of anilines is 1. The van der Waals surface area contributed by atoms with E-state index in [2.05, 4.69) is 42.7 Å². The number of sulfonamides is 1. The lowest BCUT2D eigenvalue weighted by Gasteiger charge is -2.26. The first-order chi connectivity index (χ1) is 17.1. The third kappa shape index (κ3) is 3.99. The van der Waals surface area contributed by atoms with Gasteiger partial charge in [0.15, 0.2) is 0 Å². The Kier molecular flexibility index (Phi) is 6.14. The van der Waals surface area contributed by atoms with E-state index in [9.17, 15) is 13.2 Å². The minimum absolute atomic E-state index is 0.151. The molecule has 0 aliphatic carbocycles. The van der Waals surface area contributed by atoms with E-state index in [1.165, 1.54) is 15.4 Å².